The maximum Gasteiger partial charge on any atom is 0.331 e. The smallest absolute Gasteiger partial charge is 0.331 e. The van der Waals surface area contributed by atoms with Gasteiger partial charge in [0, 0.05) is 12.2 Å². The van der Waals surface area contributed by atoms with Gasteiger partial charge in [-0.2, -0.15) is 0 Å². The molecule has 0 radical (unpaired) electrons. The molecule has 0 aliphatic heterocycles. The average molecular weight is 312 g/mol. The van der Waals surface area contributed by atoms with Crippen LogP contribution in [0.3, 0.4) is 0 Å². The zero-order chi connectivity index (χ0) is 17.0. The Kier molecular flexibility index (Phi) is 11.5. The van der Waals surface area contributed by atoms with Gasteiger partial charge >= 0.3 is 11.9 Å². The van der Waals surface area contributed by atoms with E-state index in [0.29, 0.717) is 12.5 Å². The molecule has 128 valence electrons. The Balaban J connectivity index is 4.17. The summed E-state index contributed by atoms with van der Waals surface area (Å²) in [6, 6.07) is 0. The van der Waals surface area contributed by atoms with Crippen molar-refractivity contribution in [2.24, 2.45) is 11.8 Å². The normalized spacial score (nSPS) is 12.9. The lowest BCUT2D eigenvalue weighted by Gasteiger charge is -2.18. The topological polar surface area (TPSA) is 52.6 Å². The minimum atomic E-state index is -0.504. The predicted molar refractivity (Wildman–Crippen MR) is 88.4 cm³/mol. The van der Waals surface area contributed by atoms with Crippen LogP contribution in [0, 0.1) is 11.8 Å². The number of hydrogen-bond donors (Lipinski definition) is 0. The molecule has 0 spiro atoms. The SMILES string of the molecule is CCC(CC)CCC(CC)OC(=O)/C=C/C(=O)OCC(C)C. The van der Waals surface area contributed by atoms with Crippen molar-refractivity contribution in [1.29, 1.82) is 0 Å². The Labute approximate surface area is 135 Å². The Bertz CT molecular complexity index is 343. The first kappa shape index (κ1) is 20.7. The van der Waals surface area contributed by atoms with Crippen LogP contribution in [-0.4, -0.2) is 24.6 Å². The van der Waals surface area contributed by atoms with Gasteiger partial charge in [0.1, 0.15) is 6.10 Å². The van der Waals surface area contributed by atoms with Crippen molar-refractivity contribution in [3.8, 4) is 0 Å². The van der Waals surface area contributed by atoms with Gasteiger partial charge in [-0.1, -0.05) is 47.5 Å². The van der Waals surface area contributed by atoms with Crippen molar-refractivity contribution in [2.75, 3.05) is 6.61 Å². The number of ether oxygens (including phenoxy) is 2. The molecule has 4 nitrogen and oxygen atoms in total. The van der Waals surface area contributed by atoms with Gasteiger partial charge in [-0.25, -0.2) is 9.59 Å². The number of esters is 2. The summed E-state index contributed by atoms with van der Waals surface area (Å²) in [7, 11) is 0. The fourth-order valence-electron chi connectivity index (χ4n) is 2.10. The molecule has 0 aliphatic rings. The molecule has 4 heteroatoms. The lowest BCUT2D eigenvalue weighted by Crippen LogP contribution is -2.17. The fourth-order valence-corrected chi connectivity index (χ4v) is 2.10. The van der Waals surface area contributed by atoms with Crippen LogP contribution in [0.4, 0.5) is 0 Å². The molecular weight excluding hydrogens is 280 g/mol. The Morgan fingerprint density at radius 2 is 1.50 bits per heavy atom. The maximum atomic E-state index is 11.7. The summed E-state index contributed by atoms with van der Waals surface area (Å²) < 4.78 is 10.3. The van der Waals surface area contributed by atoms with Crippen LogP contribution >= 0.6 is 0 Å². The second-order valence-corrected chi connectivity index (χ2v) is 6.08. The molecule has 0 saturated heterocycles. The van der Waals surface area contributed by atoms with Gasteiger partial charge in [0.2, 0.25) is 0 Å². The van der Waals surface area contributed by atoms with E-state index in [2.05, 4.69) is 13.8 Å². The van der Waals surface area contributed by atoms with E-state index in [1.54, 1.807) is 0 Å². The highest BCUT2D eigenvalue weighted by Crippen LogP contribution is 2.18. The first-order valence-corrected chi connectivity index (χ1v) is 8.48. The summed E-state index contributed by atoms with van der Waals surface area (Å²) in [6.45, 7) is 10.6. The highest BCUT2D eigenvalue weighted by Gasteiger charge is 2.13. The van der Waals surface area contributed by atoms with E-state index in [1.165, 1.54) is 0 Å². The number of rotatable bonds is 11. The predicted octanol–water partition coefficient (Wildman–Crippen LogP) is 4.28. The lowest BCUT2D eigenvalue weighted by atomic mass is 9.95. The van der Waals surface area contributed by atoms with E-state index >= 15 is 0 Å². The van der Waals surface area contributed by atoms with Crippen LogP contribution in [0.2, 0.25) is 0 Å². The molecule has 0 amide bonds. The molecule has 0 aromatic heterocycles. The quantitative estimate of drug-likeness (QED) is 0.422. The highest BCUT2D eigenvalue weighted by atomic mass is 16.5. The first-order valence-electron chi connectivity index (χ1n) is 8.48. The zero-order valence-corrected chi connectivity index (χ0v) is 14.8. The van der Waals surface area contributed by atoms with E-state index in [0.717, 1.165) is 44.3 Å². The number of carbonyl (C=O) groups excluding carboxylic acids is 2. The van der Waals surface area contributed by atoms with E-state index in [1.807, 2.05) is 20.8 Å². The molecule has 0 aromatic rings. The number of hydrogen-bond acceptors (Lipinski definition) is 4. The van der Waals surface area contributed by atoms with E-state index in [4.69, 9.17) is 9.47 Å². The molecule has 0 heterocycles. The van der Waals surface area contributed by atoms with Gasteiger partial charge in [-0.15, -0.1) is 0 Å². The first-order chi connectivity index (χ1) is 10.4. The van der Waals surface area contributed by atoms with E-state index in [-0.39, 0.29) is 12.0 Å². The molecule has 0 aromatic carbocycles. The van der Waals surface area contributed by atoms with Gasteiger partial charge in [0.25, 0.3) is 0 Å². The van der Waals surface area contributed by atoms with E-state index < -0.39 is 11.9 Å². The third-order valence-corrected chi connectivity index (χ3v) is 3.70. The summed E-state index contributed by atoms with van der Waals surface area (Å²) in [5.74, 6) is -0.0122. The monoisotopic (exact) mass is 312 g/mol. The summed E-state index contributed by atoms with van der Waals surface area (Å²) in [5, 5.41) is 0. The largest absolute Gasteiger partial charge is 0.462 e. The third kappa shape index (κ3) is 10.4. The van der Waals surface area contributed by atoms with Crippen LogP contribution in [0.15, 0.2) is 12.2 Å². The summed E-state index contributed by atoms with van der Waals surface area (Å²) in [4.78, 5) is 23.1. The second kappa shape index (κ2) is 12.2. The van der Waals surface area contributed by atoms with Crippen LogP contribution in [0.5, 0.6) is 0 Å². The highest BCUT2D eigenvalue weighted by molar-refractivity contribution is 5.91. The summed E-state index contributed by atoms with van der Waals surface area (Å²) in [5.41, 5.74) is 0. The minimum absolute atomic E-state index is 0.0792. The molecule has 0 rings (SSSR count). The fraction of sp³-hybridized carbons (Fsp3) is 0.778. The van der Waals surface area contributed by atoms with Crippen molar-refractivity contribution in [3.05, 3.63) is 12.2 Å². The van der Waals surface area contributed by atoms with Crippen molar-refractivity contribution in [3.63, 3.8) is 0 Å². The molecule has 0 saturated carbocycles. The van der Waals surface area contributed by atoms with Crippen molar-refractivity contribution in [1.82, 2.24) is 0 Å². The maximum absolute atomic E-state index is 11.7. The average Bonchev–Trinajstić information content (AvgIpc) is 2.50. The van der Waals surface area contributed by atoms with Crippen LogP contribution in [0.1, 0.15) is 66.7 Å². The van der Waals surface area contributed by atoms with Crippen LogP contribution in [0.25, 0.3) is 0 Å². The summed E-state index contributed by atoms with van der Waals surface area (Å²) in [6.07, 6.45) is 7.26. The standard InChI is InChI=1S/C18H32O4/c1-6-15(7-2)9-10-16(8-3)22-18(20)12-11-17(19)21-13-14(4)5/h11-12,14-16H,6-10,13H2,1-5H3/b12-11+. The molecule has 22 heavy (non-hydrogen) atoms. The van der Waals surface area contributed by atoms with Crippen molar-refractivity contribution in [2.45, 2.75) is 72.8 Å². The molecule has 1 unspecified atom stereocenters. The van der Waals surface area contributed by atoms with Gasteiger partial charge in [-0.3, -0.25) is 0 Å². The van der Waals surface area contributed by atoms with Gasteiger partial charge in [-0.05, 0) is 31.1 Å². The molecule has 0 N–H and O–H groups in total. The van der Waals surface area contributed by atoms with Gasteiger partial charge < -0.3 is 9.47 Å². The van der Waals surface area contributed by atoms with E-state index in [9.17, 15) is 9.59 Å². The number of carbonyl (C=O) groups is 2. The van der Waals surface area contributed by atoms with Crippen molar-refractivity contribution >= 4 is 11.9 Å². The lowest BCUT2D eigenvalue weighted by molar-refractivity contribution is -0.144. The van der Waals surface area contributed by atoms with Crippen molar-refractivity contribution < 1.29 is 19.1 Å². The van der Waals surface area contributed by atoms with Crippen LogP contribution in [-0.2, 0) is 19.1 Å². The molecule has 0 bridgehead atoms. The van der Waals surface area contributed by atoms with Gasteiger partial charge in [0.15, 0.2) is 0 Å². The molecule has 1 atom stereocenters. The third-order valence-electron chi connectivity index (χ3n) is 3.70. The van der Waals surface area contributed by atoms with Crippen LogP contribution < -0.4 is 0 Å². The minimum Gasteiger partial charge on any atom is -0.462 e. The van der Waals surface area contributed by atoms with Gasteiger partial charge in [0.05, 0.1) is 6.61 Å². The Hall–Kier alpha value is -1.32. The second-order valence-electron chi connectivity index (χ2n) is 6.08. The summed E-state index contributed by atoms with van der Waals surface area (Å²) >= 11 is 0. The Morgan fingerprint density at radius 1 is 0.909 bits per heavy atom. The molecular formula is C18H32O4. The molecule has 0 aliphatic carbocycles. The Morgan fingerprint density at radius 3 is 2.00 bits per heavy atom. The molecule has 0 fully saturated rings. The zero-order valence-electron chi connectivity index (χ0n) is 14.8.